The molecule has 0 fully saturated rings. The normalized spacial score (nSPS) is 9.83. The summed E-state index contributed by atoms with van der Waals surface area (Å²) in [6.45, 7) is 0. The number of rotatable bonds is 4. The minimum absolute atomic E-state index is 0.891. The van der Waals surface area contributed by atoms with Crippen molar-refractivity contribution in [3.63, 3.8) is 0 Å². The van der Waals surface area contributed by atoms with E-state index >= 15 is 0 Å². The average Bonchev–Trinajstić information content (AvgIpc) is 2.15. The highest BCUT2D eigenvalue weighted by Crippen LogP contribution is 2.16. The van der Waals surface area contributed by atoms with E-state index in [0.717, 1.165) is 17.3 Å². The highest BCUT2D eigenvalue weighted by atomic mass is 32.2. The molecule has 12 heavy (non-hydrogen) atoms. The van der Waals surface area contributed by atoms with Gasteiger partial charge in [0.1, 0.15) is 5.82 Å². The summed E-state index contributed by atoms with van der Waals surface area (Å²) < 4.78 is 2.05. The molecule has 0 spiro atoms. The van der Waals surface area contributed by atoms with Gasteiger partial charge < -0.3 is 4.31 Å². The predicted octanol–water partition coefficient (Wildman–Crippen LogP) is 2.10. The van der Waals surface area contributed by atoms with Crippen LogP contribution in [0.5, 0.6) is 0 Å². The lowest BCUT2D eigenvalue weighted by Crippen LogP contribution is -2.09. The van der Waals surface area contributed by atoms with Crippen LogP contribution in [0, 0.1) is 0 Å². The van der Waals surface area contributed by atoms with Crippen LogP contribution in [0.3, 0.4) is 0 Å². The summed E-state index contributed by atoms with van der Waals surface area (Å²) in [6.07, 6.45) is 1.80. The molecular weight excluding hydrogens is 188 g/mol. The van der Waals surface area contributed by atoms with Gasteiger partial charge in [0.2, 0.25) is 0 Å². The van der Waals surface area contributed by atoms with Crippen molar-refractivity contribution in [2.24, 2.45) is 0 Å². The van der Waals surface area contributed by atoms with Crippen molar-refractivity contribution in [1.29, 1.82) is 0 Å². The molecule has 0 saturated carbocycles. The molecule has 0 N–H and O–H groups in total. The van der Waals surface area contributed by atoms with Gasteiger partial charge in [-0.25, -0.2) is 4.98 Å². The van der Waals surface area contributed by atoms with Crippen LogP contribution in [0.2, 0.25) is 0 Å². The summed E-state index contributed by atoms with van der Waals surface area (Å²) in [7, 11) is 2.01. The second kappa shape index (κ2) is 5.32. The van der Waals surface area contributed by atoms with Crippen LogP contribution in [0.4, 0.5) is 5.82 Å². The first kappa shape index (κ1) is 9.74. The van der Waals surface area contributed by atoms with E-state index in [9.17, 15) is 0 Å². The van der Waals surface area contributed by atoms with Gasteiger partial charge in [-0.15, -0.1) is 0 Å². The zero-order valence-corrected chi connectivity index (χ0v) is 8.68. The van der Waals surface area contributed by atoms with E-state index in [0.29, 0.717) is 0 Å². The van der Waals surface area contributed by atoms with Gasteiger partial charge in [-0.2, -0.15) is 12.6 Å². The van der Waals surface area contributed by atoms with Crippen molar-refractivity contribution >= 4 is 30.4 Å². The molecule has 0 bridgehead atoms. The lowest BCUT2D eigenvalue weighted by atomic mass is 10.5. The Morgan fingerprint density at radius 2 is 2.42 bits per heavy atom. The van der Waals surface area contributed by atoms with Gasteiger partial charge in [-0.05, 0) is 24.1 Å². The first-order valence-corrected chi connectivity index (χ1v) is 5.30. The quantitative estimate of drug-likeness (QED) is 0.592. The van der Waals surface area contributed by atoms with Crippen molar-refractivity contribution < 1.29 is 0 Å². The Labute approximate surface area is 82.9 Å². The topological polar surface area (TPSA) is 16.1 Å². The van der Waals surface area contributed by atoms with Crippen LogP contribution < -0.4 is 4.31 Å². The molecule has 1 aromatic rings. The minimum Gasteiger partial charge on any atom is -0.304 e. The smallest absolute Gasteiger partial charge is 0.138 e. The van der Waals surface area contributed by atoms with Gasteiger partial charge in [0, 0.05) is 24.8 Å². The molecule has 4 heteroatoms. The molecule has 0 radical (unpaired) electrons. The van der Waals surface area contributed by atoms with Gasteiger partial charge in [0.15, 0.2) is 0 Å². The van der Waals surface area contributed by atoms with E-state index in [1.807, 2.05) is 25.2 Å². The Morgan fingerprint density at radius 1 is 1.58 bits per heavy atom. The second-order valence-corrected chi connectivity index (χ2v) is 3.90. The van der Waals surface area contributed by atoms with E-state index < -0.39 is 0 Å². The highest BCUT2D eigenvalue weighted by molar-refractivity contribution is 8.01. The molecule has 0 aromatic carbocycles. The molecule has 1 aromatic heterocycles. The van der Waals surface area contributed by atoms with Gasteiger partial charge in [-0.1, -0.05) is 6.07 Å². The fourth-order valence-corrected chi connectivity index (χ4v) is 1.62. The van der Waals surface area contributed by atoms with E-state index in [-0.39, 0.29) is 0 Å². The molecule has 1 rings (SSSR count). The Morgan fingerprint density at radius 3 is 3.00 bits per heavy atom. The third kappa shape index (κ3) is 2.95. The van der Waals surface area contributed by atoms with Gasteiger partial charge in [-0.3, -0.25) is 0 Å². The summed E-state index contributed by atoms with van der Waals surface area (Å²) in [4.78, 5) is 4.21. The largest absolute Gasteiger partial charge is 0.304 e. The predicted molar refractivity (Wildman–Crippen MR) is 59.0 cm³/mol. The monoisotopic (exact) mass is 200 g/mol. The lowest BCUT2D eigenvalue weighted by molar-refractivity contribution is 1.21. The van der Waals surface area contributed by atoms with E-state index in [2.05, 4.69) is 21.9 Å². The lowest BCUT2D eigenvalue weighted by Gasteiger charge is -2.15. The van der Waals surface area contributed by atoms with Gasteiger partial charge >= 0.3 is 0 Å². The third-order valence-electron chi connectivity index (χ3n) is 1.35. The molecule has 0 aliphatic carbocycles. The number of hydrogen-bond donors (Lipinski definition) is 1. The Bertz CT molecular complexity index is 216. The molecule has 0 amide bonds. The number of hydrogen-bond acceptors (Lipinski definition) is 4. The summed E-state index contributed by atoms with van der Waals surface area (Å²) in [5.41, 5.74) is 0. The van der Waals surface area contributed by atoms with Crippen molar-refractivity contribution in [3.8, 4) is 0 Å². The molecule has 66 valence electrons. The van der Waals surface area contributed by atoms with Gasteiger partial charge in [0.25, 0.3) is 0 Å². The summed E-state index contributed by atoms with van der Waals surface area (Å²) in [5.74, 6) is 2.89. The summed E-state index contributed by atoms with van der Waals surface area (Å²) in [5, 5.41) is 0. The van der Waals surface area contributed by atoms with Crippen molar-refractivity contribution in [3.05, 3.63) is 24.4 Å². The molecule has 0 aliphatic heterocycles. The van der Waals surface area contributed by atoms with Gasteiger partial charge in [0.05, 0.1) is 0 Å². The number of nitrogens with zero attached hydrogens (tertiary/aromatic N) is 2. The van der Waals surface area contributed by atoms with Crippen LogP contribution in [0.1, 0.15) is 0 Å². The maximum atomic E-state index is 4.21. The highest BCUT2D eigenvalue weighted by Gasteiger charge is 1.99. The zero-order valence-electron chi connectivity index (χ0n) is 6.97. The van der Waals surface area contributed by atoms with Crippen LogP contribution in [0.25, 0.3) is 0 Å². The van der Waals surface area contributed by atoms with Crippen molar-refractivity contribution in [2.75, 3.05) is 22.9 Å². The van der Waals surface area contributed by atoms with Crippen LogP contribution in [0.15, 0.2) is 24.4 Å². The van der Waals surface area contributed by atoms with Crippen molar-refractivity contribution in [1.82, 2.24) is 4.98 Å². The molecule has 0 aliphatic rings. The first-order chi connectivity index (χ1) is 5.84. The second-order valence-electron chi connectivity index (χ2n) is 2.24. The maximum Gasteiger partial charge on any atom is 0.138 e. The zero-order chi connectivity index (χ0) is 8.81. The average molecular weight is 200 g/mol. The standard InChI is InChI=1S/C8H12N2S2/c1-10(12-7-6-11)8-4-2-3-5-9-8/h2-5,11H,6-7H2,1H3. The van der Waals surface area contributed by atoms with Crippen LogP contribution >= 0.6 is 24.6 Å². The first-order valence-electron chi connectivity index (χ1n) is 3.73. The molecule has 0 atom stereocenters. The van der Waals surface area contributed by atoms with E-state index in [1.54, 1.807) is 18.1 Å². The number of anilines is 1. The fraction of sp³-hybridized carbons (Fsp3) is 0.375. The Kier molecular flexibility index (Phi) is 4.32. The minimum atomic E-state index is 0.891. The molecule has 0 unspecified atom stereocenters. The van der Waals surface area contributed by atoms with E-state index in [4.69, 9.17) is 0 Å². The number of pyridine rings is 1. The number of thiol groups is 1. The Hall–Kier alpha value is -0.350. The van der Waals surface area contributed by atoms with Crippen LogP contribution in [-0.2, 0) is 0 Å². The summed E-state index contributed by atoms with van der Waals surface area (Å²) in [6, 6.07) is 5.90. The maximum absolute atomic E-state index is 4.21. The van der Waals surface area contributed by atoms with E-state index in [1.165, 1.54) is 0 Å². The molecule has 2 nitrogen and oxygen atoms in total. The molecular formula is C8H12N2S2. The number of aromatic nitrogens is 1. The SMILES string of the molecule is CN(SCCS)c1ccccn1. The van der Waals surface area contributed by atoms with Crippen molar-refractivity contribution in [2.45, 2.75) is 0 Å². The molecule has 1 heterocycles. The fourth-order valence-electron chi connectivity index (χ4n) is 0.784. The summed E-state index contributed by atoms with van der Waals surface area (Å²) >= 11 is 5.86. The molecule has 0 saturated heterocycles. The van der Waals surface area contributed by atoms with Crippen LogP contribution in [-0.4, -0.2) is 23.5 Å². The third-order valence-corrected chi connectivity index (χ3v) is 2.84. The Balaban J connectivity index is 2.48.